The third-order valence-electron chi connectivity index (χ3n) is 4.01. The summed E-state index contributed by atoms with van der Waals surface area (Å²) in [5.74, 6) is -0.0403. The summed E-state index contributed by atoms with van der Waals surface area (Å²) in [4.78, 5) is 11.4. The number of carbonyl (C=O) groups is 1. The Hall–Kier alpha value is -0.790. The van der Waals surface area contributed by atoms with E-state index in [1.807, 2.05) is 13.8 Å². The van der Waals surface area contributed by atoms with Crippen LogP contribution in [0.4, 0.5) is 0 Å². The van der Waals surface area contributed by atoms with E-state index in [0.29, 0.717) is 6.42 Å². The van der Waals surface area contributed by atoms with E-state index < -0.39 is 0 Å². The summed E-state index contributed by atoms with van der Waals surface area (Å²) in [6.07, 6.45) is 22.0. The smallest absolute Gasteiger partial charge is 0.306 e. The van der Waals surface area contributed by atoms with E-state index in [9.17, 15) is 4.79 Å². The first-order chi connectivity index (χ1) is 11.2. The van der Waals surface area contributed by atoms with Crippen LogP contribution in [0.15, 0.2) is 12.2 Å². The van der Waals surface area contributed by atoms with Gasteiger partial charge in [0.15, 0.2) is 0 Å². The lowest BCUT2D eigenvalue weighted by atomic mass is 10.1. The van der Waals surface area contributed by atoms with Crippen molar-refractivity contribution in [1.82, 2.24) is 0 Å². The molecule has 0 rings (SSSR count). The average molecular weight is 325 g/mol. The summed E-state index contributed by atoms with van der Waals surface area (Å²) in [5.41, 5.74) is 0. The first-order valence-electron chi connectivity index (χ1n) is 10.0. The van der Waals surface area contributed by atoms with Gasteiger partial charge in [-0.25, -0.2) is 0 Å². The summed E-state index contributed by atoms with van der Waals surface area (Å²) in [5, 5.41) is 0. The molecule has 136 valence electrons. The Morgan fingerprint density at radius 1 is 0.783 bits per heavy atom. The lowest BCUT2D eigenvalue weighted by Crippen LogP contribution is -2.10. The third-order valence-corrected chi connectivity index (χ3v) is 4.01. The largest absolute Gasteiger partial charge is 0.463 e. The topological polar surface area (TPSA) is 26.3 Å². The molecule has 0 saturated heterocycles. The quantitative estimate of drug-likeness (QED) is 0.174. The fraction of sp³-hybridized carbons (Fsp3) is 0.857. The zero-order valence-corrected chi connectivity index (χ0v) is 15.9. The van der Waals surface area contributed by atoms with Crippen LogP contribution in [0.2, 0.25) is 0 Å². The highest BCUT2D eigenvalue weighted by atomic mass is 16.5. The molecule has 2 heteroatoms. The van der Waals surface area contributed by atoms with Crippen molar-refractivity contribution in [1.29, 1.82) is 0 Å². The Morgan fingerprint density at radius 2 is 1.26 bits per heavy atom. The molecule has 0 N–H and O–H groups in total. The van der Waals surface area contributed by atoms with E-state index in [0.717, 1.165) is 12.8 Å². The van der Waals surface area contributed by atoms with Crippen LogP contribution >= 0.6 is 0 Å². The molecule has 0 aromatic carbocycles. The Kier molecular flexibility index (Phi) is 17.0. The molecule has 0 spiro atoms. The number of allylic oxidation sites excluding steroid dienone is 2. The minimum absolute atomic E-state index is 0.0212. The summed E-state index contributed by atoms with van der Waals surface area (Å²) in [6, 6.07) is 0. The summed E-state index contributed by atoms with van der Waals surface area (Å²) >= 11 is 0. The number of hydrogen-bond donors (Lipinski definition) is 0. The highest BCUT2D eigenvalue weighted by Crippen LogP contribution is 2.11. The number of rotatable bonds is 16. The lowest BCUT2D eigenvalue weighted by Gasteiger charge is -2.07. The van der Waals surface area contributed by atoms with Crippen LogP contribution in [0.1, 0.15) is 111 Å². The highest BCUT2D eigenvalue weighted by molar-refractivity contribution is 5.69. The van der Waals surface area contributed by atoms with Crippen LogP contribution in [0.25, 0.3) is 0 Å². The Morgan fingerprint density at radius 3 is 1.78 bits per heavy atom. The van der Waals surface area contributed by atoms with E-state index in [1.165, 1.54) is 70.6 Å². The van der Waals surface area contributed by atoms with Crippen LogP contribution in [-0.4, -0.2) is 12.1 Å². The number of carbonyl (C=O) groups excluding carboxylic acids is 1. The van der Waals surface area contributed by atoms with Crippen LogP contribution in [0, 0.1) is 0 Å². The standard InChI is InChI=1S/C21H40O2/c1-4-5-6-7-8-9-10-11-12-13-14-15-16-17-18-19-21(22)23-20(2)3/h9-10,20H,4-8,11-19H2,1-3H3/b10-9-. The zero-order valence-electron chi connectivity index (χ0n) is 15.9. The maximum absolute atomic E-state index is 11.4. The zero-order chi connectivity index (χ0) is 17.2. The molecule has 0 aromatic rings. The molecule has 0 heterocycles. The third kappa shape index (κ3) is 19.2. The Labute approximate surface area is 145 Å². The second-order valence-electron chi connectivity index (χ2n) is 6.87. The van der Waals surface area contributed by atoms with Gasteiger partial charge in [0.05, 0.1) is 6.10 Å². The molecular weight excluding hydrogens is 284 g/mol. The van der Waals surface area contributed by atoms with Crippen molar-refractivity contribution < 1.29 is 9.53 Å². The predicted molar refractivity (Wildman–Crippen MR) is 101 cm³/mol. The van der Waals surface area contributed by atoms with E-state index in [1.54, 1.807) is 0 Å². The molecule has 0 aromatic heterocycles. The van der Waals surface area contributed by atoms with Gasteiger partial charge in [0.25, 0.3) is 0 Å². The van der Waals surface area contributed by atoms with Gasteiger partial charge in [-0.05, 0) is 46.0 Å². The van der Waals surface area contributed by atoms with Gasteiger partial charge in [0.1, 0.15) is 0 Å². The summed E-state index contributed by atoms with van der Waals surface area (Å²) in [6.45, 7) is 6.07. The molecular formula is C21H40O2. The maximum Gasteiger partial charge on any atom is 0.306 e. The van der Waals surface area contributed by atoms with Crippen molar-refractivity contribution in [2.45, 2.75) is 117 Å². The van der Waals surface area contributed by atoms with Gasteiger partial charge in [-0.15, -0.1) is 0 Å². The van der Waals surface area contributed by atoms with E-state index in [-0.39, 0.29) is 12.1 Å². The number of esters is 1. The molecule has 0 aliphatic rings. The fourth-order valence-corrected chi connectivity index (χ4v) is 2.66. The van der Waals surface area contributed by atoms with E-state index in [4.69, 9.17) is 4.74 Å². The maximum atomic E-state index is 11.4. The first-order valence-corrected chi connectivity index (χ1v) is 10.0. The van der Waals surface area contributed by atoms with Crippen molar-refractivity contribution in [2.24, 2.45) is 0 Å². The van der Waals surface area contributed by atoms with Gasteiger partial charge in [0.2, 0.25) is 0 Å². The summed E-state index contributed by atoms with van der Waals surface area (Å²) < 4.78 is 5.12. The average Bonchev–Trinajstić information content (AvgIpc) is 2.50. The molecule has 0 saturated carbocycles. The van der Waals surface area contributed by atoms with Crippen molar-refractivity contribution in [3.63, 3.8) is 0 Å². The first kappa shape index (κ1) is 22.2. The van der Waals surface area contributed by atoms with E-state index in [2.05, 4.69) is 19.1 Å². The molecule has 2 nitrogen and oxygen atoms in total. The van der Waals surface area contributed by atoms with Crippen LogP contribution in [0.3, 0.4) is 0 Å². The second kappa shape index (κ2) is 17.6. The highest BCUT2D eigenvalue weighted by Gasteiger charge is 2.04. The van der Waals surface area contributed by atoms with Gasteiger partial charge in [-0.1, -0.05) is 70.4 Å². The van der Waals surface area contributed by atoms with Gasteiger partial charge in [0, 0.05) is 6.42 Å². The molecule has 0 fully saturated rings. The Bertz CT molecular complexity index is 282. The van der Waals surface area contributed by atoms with Gasteiger partial charge < -0.3 is 4.74 Å². The van der Waals surface area contributed by atoms with Gasteiger partial charge >= 0.3 is 5.97 Å². The summed E-state index contributed by atoms with van der Waals surface area (Å²) in [7, 11) is 0. The van der Waals surface area contributed by atoms with Gasteiger partial charge in [-0.2, -0.15) is 0 Å². The van der Waals surface area contributed by atoms with Crippen LogP contribution in [0.5, 0.6) is 0 Å². The predicted octanol–water partition coefficient (Wildman–Crippen LogP) is 6.98. The van der Waals surface area contributed by atoms with Crippen molar-refractivity contribution in [3.8, 4) is 0 Å². The van der Waals surface area contributed by atoms with Crippen molar-refractivity contribution in [2.75, 3.05) is 0 Å². The molecule has 23 heavy (non-hydrogen) atoms. The Balaban J connectivity index is 3.16. The monoisotopic (exact) mass is 324 g/mol. The van der Waals surface area contributed by atoms with E-state index >= 15 is 0 Å². The molecule has 0 unspecified atom stereocenters. The number of hydrogen-bond acceptors (Lipinski definition) is 2. The molecule has 0 radical (unpaired) electrons. The van der Waals surface area contributed by atoms with Gasteiger partial charge in [-0.3, -0.25) is 4.79 Å². The minimum Gasteiger partial charge on any atom is -0.463 e. The van der Waals surface area contributed by atoms with Crippen LogP contribution in [-0.2, 0) is 9.53 Å². The second-order valence-corrected chi connectivity index (χ2v) is 6.87. The molecule has 0 atom stereocenters. The minimum atomic E-state index is -0.0403. The fourth-order valence-electron chi connectivity index (χ4n) is 2.66. The van der Waals surface area contributed by atoms with Crippen molar-refractivity contribution in [3.05, 3.63) is 12.2 Å². The lowest BCUT2D eigenvalue weighted by molar-refractivity contribution is -0.147. The number of ether oxygens (including phenoxy) is 1. The molecule has 0 amide bonds. The molecule has 0 aliphatic heterocycles. The van der Waals surface area contributed by atoms with Crippen LogP contribution < -0.4 is 0 Å². The number of unbranched alkanes of at least 4 members (excludes halogenated alkanes) is 11. The SMILES string of the molecule is CCCCCC/C=C\CCCCCCCCCC(=O)OC(C)C. The normalized spacial score (nSPS) is 11.5. The molecule has 0 bridgehead atoms. The molecule has 0 aliphatic carbocycles. The van der Waals surface area contributed by atoms with Crippen molar-refractivity contribution >= 4 is 5.97 Å².